The average molecular weight is 418 g/mol. The second kappa shape index (κ2) is 9.67. The summed E-state index contributed by atoms with van der Waals surface area (Å²) < 4.78 is 16.2. The van der Waals surface area contributed by atoms with Crippen LogP contribution in [0.1, 0.15) is 0 Å². The summed E-state index contributed by atoms with van der Waals surface area (Å²) in [6.45, 7) is 0.551. The number of carbonyl (C=O) groups excluding carboxylic acids is 2. The molecular formula is C24H22N2O5. The van der Waals surface area contributed by atoms with Crippen molar-refractivity contribution in [3.05, 3.63) is 78.9 Å². The van der Waals surface area contributed by atoms with E-state index in [-0.39, 0.29) is 13.2 Å². The molecule has 3 aromatic carbocycles. The molecule has 158 valence electrons. The van der Waals surface area contributed by atoms with Gasteiger partial charge in [-0.1, -0.05) is 36.4 Å². The molecule has 7 heteroatoms. The van der Waals surface area contributed by atoms with Crippen LogP contribution in [0.4, 0.5) is 17.1 Å². The number of hydrogen-bond donors (Lipinski definition) is 1. The molecule has 1 aliphatic heterocycles. The Morgan fingerprint density at radius 3 is 2.10 bits per heavy atom. The summed E-state index contributed by atoms with van der Waals surface area (Å²) in [4.78, 5) is 26.5. The van der Waals surface area contributed by atoms with E-state index in [9.17, 15) is 9.59 Å². The molecule has 1 aliphatic rings. The van der Waals surface area contributed by atoms with Crippen molar-refractivity contribution < 1.29 is 23.8 Å². The van der Waals surface area contributed by atoms with Crippen molar-refractivity contribution in [2.24, 2.45) is 0 Å². The number of ether oxygens (including phenoxy) is 3. The molecule has 0 fully saturated rings. The second-order valence-corrected chi connectivity index (χ2v) is 6.82. The first-order chi connectivity index (χ1) is 15.2. The van der Waals surface area contributed by atoms with Crippen LogP contribution in [-0.4, -0.2) is 38.2 Å². The zero-order chi connectivity index (χ0) is 21.5. The van der Waals surface area contributed by atoms with E-state index in [0.717, 1.165) is 11.4 Å². The number of carbonyl (C=O) groups is 2. The zero-order valence-electron chi connectivity index (χ0n) is 16.8. The van der Waals surface area contributed by atoms with Gasteiger partial charge in [0.1, 0.15) is 19.8 Å². The Morgan fingerprint density at radius 2 is 1.45 bits per heavy atom. The van der Waals surface area contributed by atoms with Crippen LogP contribution in [0.25, 0.3) is 0 Å². The van der Waals surface area contributed by atoms with Crippen molar-refractivity contribution in [1.82, 2.24) is 0 Å². The predicted octanol–water partition coefficient (Wildman–Crippen LogP) is 3.78. The summed E-state index contributed by atoms with van der Waals surface area (Å²) in [5.74, 6) is 0.265. The van der Waals surface area contributed by atoms with Crippen LogP contribution in [0.3, 0.4) is 0 Å². The lowest BCUT2D eigenvalue weighted by Crippen LogP contribution is -2.29. The maximum absolute atomic E-state index is 12.5. The van der Waals surface area contributed by atoms with E-state index in [1.165, 1.54) is 0 Å². The SMILES string of the molecule is O=C(COC(=O)CN(c1ccccc1)c1ccccc1)Nc1ccc2c(c1)OCCO2. The van der Waals surface area contributed by atoms with Crippen molar-refractivity contribution in [3.63, 3.8) is 0 Å². The van der Waals surface area contributed by atoms with E-state index in [0.29, 0.717) is 30.4 Å². The third kappa shape index (κ3) is 5.33. The number of esters is 1. The molecule has 0 spiro atoms. The zero-order valence-corrected chi connectivity index (χ0v) is 16.8. The van der Waals surface area contributed by atoms with Gasteiger partial charge in [-0.25, -0.2) is 0 Å². The van der Waals surface area contributed by atoms with Gasteiger partial charge in [0.2, 0.25) is 0 Å². The smallest absolute Gasteiger partial charge is 0.326 e. The van der Waals surface area contributed by atoms with Crippen LogP contribution in [0.5, 0.6) is 11.5 Å². The summed E-state index contributed by atoms with van der Waals surface area (Å²) in [6.07, 6.45) is 0. The van der Waals surface area contributed by atoms with E-state index < -0.39 is 11.9 Å². The first-order valence-electron chi connectivity index (χ1n) is 9.92. The molecule has 0 aromatic heterocycles. The van der Waals surface area contributed by atoms with Crippen molar-refractivity contribution in [1.29, 1.82) is 0 Å². The number of hydrogen-bond acceptors (Lipinski definition) is 6. The number of nitrogens with one attached hydrogen (secondary N) is 1. The van der Waals surface area contributed by atoms with Gasteiger partial charge in [-0.2, -0.15) is 0 Å². The number of benzene rings is 3. The van der Waals surface area contributed by atoms with Gasteiger partial charge >= 0.3 is 5.97 Å². The lowest BCUT2D eigenvalue weighted by atomic mass is 10.2. The maximum atomic E-state index is 12.5. The molecule has 0 atom stereocenters. The first kappa shape index (κ1) is 20.3. The minimum atomic E-state index is -0.509. The van der Waals surface area contributed by atoms with Gasteiger partial charge in [-0.05, 0) is 36.4 Å². The Bertz CT molecular complexity index is 1000. The fraction of sp³-hybridized carbons (Fsp3) is 0.167. The largest absolute Gasteiger partial charge is 0.486 e. The van der Waals surface area contributed by atoms with Gasteiger partial charge < -0.3 is 24.4 Å². The lowest BCUT2D eigenvalue weighted by molar-refractivity contribution is -0.145. The molecule has 31 heavy (non-hydrogen) atoms. The first-order valence-corrected chi connectivity index (χ1v) is 9.92. The molecule has 7 nitrogen and oxygen atoms in total. The standard InChI is InChI=1S/C24H22N2O5/c27-23(25-18-11-12-21-22(15-18)30-14-13-29-21)17-31-24(28)16-26(19-7-3-1-4-8-19)20-9-5-2-6-10-20/h1-12,15H,13-14,16-17H2,(H,25,27). The van der Waals surface area contributed by atoms with Gasteiger partial charge in [0.15, 0.2) is 18.1 Å². The highest BCUT2D eigenvalue weighted by atomic mass is 16.6. The molecule has 3 aromatic rings. The lowest BCUT2D eigenvalue weighted by Gasteiger charge is -2.24. The molecule has 0 saturated heterocycles. The Kier molecular flexibility index (Phi) is 6.32. The summed E-state index contributed by atoms with van der Waals surface area (Å²) in [7, 11) is 0. The van der Waals surface area contributed by atoms with Crippen LogP contribution >= 0.6 is 0 Å². The van der Waals surface area contributed by atoms with E-state index in [1.807, 2.05) is 65.6 Å². The fourth-order valence-corrected chi connectivity index (χ4v) is 3.19. The van der Waals surface area contributed by atoms with Crippen LogP contribution in [-0.2, 0) is 14.3 Å². The number of anilines is 3. The van der Waals surface area contributed by atoms with Gasteiger partial charge in [0.05, 0.1) is 0 Å². The third-order valence-electron chi connectivity index (χ3n) is 4.61. The van der Waals surface area contributed by atoms with Crippen LogP contribution in [0.2, 0.25) is 0 Å². The van der Waals surface area contributed by atoms with E-state index >= 15 is 0 Å². The van der Waals surface area contributed by atoms with Gasteiger partial charge in [-0.3, -0.25) is 9.59 Å². The molecule has 0 aliphatic carbocycles. The maximum Gasteiger partial charge on any atom is 0.326 e. The van der Waals surface area contributed by atoms with Gasteiger partial charge in [0, 0.05) is 23.1 Å². The Hall–Kier alpha value is -4.00. The third-order valence-corrected chi connectivity index (χ3v) is 4.61. The molecule has 1 heterocycles. The highest BCUT2D eigenvalue weighted by Crippen LogP contribution is 2.32. The second-order valence-electron chi connectivity index (χ2n) is 6.82. The van der Waals surface area contributed by atoms with Crippen molar-refractivity contribution in [2.75, 3.05) is 36.6 Å². The minimum absolute atomic E-state index is 0.0225. The topological polar surface area (TPSA) is 77.1 Å². The Morgan fingerprint density at radius 1 is 0.839 bits per heavy atom. The molecule has 1 N–H and O–H groups in total. The normalized spacial score (nSPS) is 12.0. The van der Waals surface area contributed by atoms with Crippen molar-refractivity contribution in [3.8, 4) is 11.5 Å². The molecule has 0 bridgehead atoms. The molecule has 0 radical (unpaired) electrons. The number of nitrogens with zero attached hydrogens (tertiary/aromatic N) is 1. The van der Waals surface area contributed by atoms with Crippen molar-refractivity contribution >= 4 is 28.9 Å². The molecular weight excluding hydrogens is 396 g/mol. The van der Waals surface area contributed by atoms with Crippen LogP contribution < -0.4 is 19.7 Å². The Balaban J connectivity index is 1.34. The van der Waals surface area contributed by atoms with E-state index in [4.69, 9.17) is 14.2 Å². The van der Waals surface area contributed by atoms with Crippen molar-refractivity contribution in [2.45, 2.75) is 0 Å². The quantitative estimate of drug-likeness (QED) is 0.589. The number of fused-ring (bicyclic) bond motifs is 1. The van der Waals surface area contributed by atoms with Crippen LogP contribution in [0, 0.1) is 0 Å². The number of rotatable bonds is 7. The van der Waals surface area contributed by atoms with E-state index in [1.54, 1.807) is 18.2 Å². The minimum Gasteiger partial charge on any atom is -0.486 e. The summed E-state index contributed by atoms with van der Waals surface area (Å²) in [6, 6.07) is 24.2. The summed E-state index contributed by atoms with van der Waals surface area (Å²) in [5.41, 5.74) is 2.25. The molecule has 4 rings (SSSR count). The monoisotopic (exact) mass is 418 g/mol. The van der Waals surface area contributed by atoms with Gasteiger partial charge in [-0.15, -0.1) is 0 Å². The molecule has 0 saturated carbocycles. The number of para-hydroxylation sites is 2. The van der Waals surface area contributed by atoms with E-state index in [2.05, 4.69) is 5.32 Å². The number of amides is 1. The molecule has 1 amide bonds. The Labute approximate surface area is 180 Å². The predicted molar refractivity (Wildman–Crippen MR) is 117 cm³/mol. The molecule has 0 unspecified atom stereocenters. The van der Waals surface area contributed by atoms with Crippen LogP contribution in [0.15, 0.2) is 78.9 Å². The highest BCUT2D eigenvalue weighted by Gasteiger charge is 2.17. The van der Waals surface area contributed by atoms with Gasteiger partial charge in [0.25, 0.3) is 5.91 Å². The summed E-state index contributed by atoms with van der Waals surface area (Å²) in [5, 5.41) is 2.70. The fourth-order valence-electron chi connectivity index (χ4n) is 3.19. The average Bonchev–Trinajstić information content (AvgIpc) is 2.82. The summed E-state index contributed by atoms with van der Waals surface area (Å²) >= 11 is 0. The highest BCUT2D eigenvalue weighted by molar-refractivity contribution is 5.93.